The Balaban J connectivity index is 1.80. The zero-order valence-electron chi connectivity index (χ0n) is 14.0. The number of pyridine rings is 1. The van der Waals surface area contributed by atoms with Crippen LogP contribution in [0.15, 0.2) is 60.1 Å². The predicted molar refractivity (Wildman–Crippen MR) is 110 cm³/mol. The highest BCUT2D eigenvalue weighted by atomic mass is 35.5. The predicted octanol–water partition coefficient (Wildman–Crippen LogP) is 5.95. The Labute approximate surface area is 164 Å². The van der Waals surface area contributed by atoms with Gasteiger partial charge in [-0.15, -0.1) is 22.7 Å². The van der Waals surface area contributed by atoms with Crippen LogP contribution in [0.4, 0.5) is 0 Å². The van der Waals surface area contributed by atoms with Gasteiger partial charge in [0.1, 0.15) is 9.71 Å². The van der Waals surface area contributed by atoms with Gasteiger partial charge in [-0.1, -0.05) is 29.8 Å². The molecule has 1 amide bonds. The Bertz CT molecular complexity index is 1060. The SMILES string of the molecule is CN(Cc1cccs1)C(=O)c1sc2ncccc2c1-c1ccc(Cl)cc1. The van der Waals surface area contributed by atoms with E-state index in [1.807, 2.05) is 61.0 Å². The molecule has 0 aliphatic carbocycles. The number of carbonyl (C=O) groups is 1. The highest BCUT2D eigenvalue weighted by Gasteiger charge is 2.23. The molecule has 0 saturated carbocycles. The van der Waals surface area contributed by atoms with Gasteiger partial charge in [-0.05, 0) is 41.3 Å². The maximum atomic E-state index is 13.2. The number of carbonyl (C=O) groups excluding carboxylic acids is 1. The van der Waals surface area contributed by atoms with E-state index < -0.39 is 0 Å². The summed E-state index contributed by atoms with van der Waals surface area (Å²) in [5.74, 6) is 0.00588. The molecule has 4 rings (SSSR count). The van der Waals surface area contributed by atoms with Crippen LogP contribution in [-0.4, -0.2) is 22.8 Å². The first-order valence-corrected chi connectivity index (χ1v) is 10.1. The summed E-state index contributed by atoms with van der Waals surface area (Å²) in [6.07, 6.45) is 1.76. The molecule has 0 bridgehead atoms. The Morgan fingerprint density at radius 1 is 1.15 bits per heavy atom. The van der Waals surface area contributed by atoms with Crippen molar-refractivity contribution in [2.45, 2.75) is 6.54 Å². The minimum atomic E-state index is 0.00588. The molecule has 6 heteroatoms. The molecule has 3 heterocycles. The lowest BCUT2D eigenvalue weighted by Gasteiger charge is -2.16. The van der Waals surface area contributed by atoms with Crippen LogP contribution in [0.2, 0.25) is 5.02 Å². The second-order valence-electron chi connectivity index (χ2n) is 5.91. The van der Waals surface area contributed by atoms with Crippen LogP contribution in [0.3, 0.4) is 0 Å². The second-order valence-corrected chi connectivity index (χ2v) is 8.38. The number of nitrogens with zero attached hydrogens (tertiary/aromatic N) is 2. The monoisotopic (exact) mass is 398 g/mol. The zero-order chi connectivity index (χ0) is 18.1. The Kier molecular flexibility index (Phi) is 4.76. The van der Waals surface area contributed by atoms with Crippen molar-refractivity contribution in [3.63, 3.8) is 0 Å². The second kappa shape index (κ2) is 7.19. The standard InChI is InChI=1S/C20H15ClN2OS2/c1-23(12-15-4-3-11-25-15)20(24)18-17(13-6-8-14(21)9-7-13)16-5-2-10-22-19(16)26-18/h2-11H,12H2,1H3. The molecule has 0 atom stereocenters. The summed E-state index contributed by atoms with van der Waals surface area (Å²) >= 11 is 9.13. The van der Waals surface area contributed by atoms with E-state index in [1.165, 1.54) is 11.3 Å². The van der Waals surface area contributed by atoms with Gasteiger partial charge in [0.2, 0.25) is 0 Å². The molecular formula is C20H15ClN2OS2. The summed E-state index contributed by atoms with van der Waals surface area (Å²) in [5, 5.41) is 3.69. The molecule has 0 aliphatic rings. The summed E-state index contributed by atoms with van der Waals surface area (Å²) < 4.78 is 0. The zero-order valence-corrected chi connectivity index (χ0v) is 16.4. The van der Waals surface area contributed by atoms with Gasteiger partial charge in [-0.2, -0.15) is 0 Å². The lowest BCUT2D eigenvalue weighted by atomic mass is 10.0. The molecule has 0 unspecified atom stereocenters. The quantitative estimate of drug-likeness (QED) is 0.425. The van der Waals surface area contributed by atoms with Gasteiger partial charge in [-0.25, -0.2) is 4.98 Å². The van der Waals surface area contributed by atoms with Crippen LogP contribution >= 0.6 is 34.3 Å². The molecule has 0 saturated heterocycles. The van der Waals surface area contributed by atoms with Gasteiger partial charge >= 0.3 is 0 Å². The van der Waals surface area contributed by atoms with Crippen LogP contribution in [0.5, 0.6) is 0 Å². The van der Waals surface area contributed by atoms with Crippen molar-refractivity contribution >= 4 is 50.4 Å². The smallest absolute Gasteiger partial charge is 0.264 e. The Hall–Kier alpha value is -2.21. The fraction of sp³-hybridized carbons (Fsp3) is 0.100. The Morgan fingerprint density at radius 3 is 2.69 bits per heavy atom. The molecule has 1 aromatic carbocycles. The number of amides is 1. The van der Waals surface area contributed by atoms with Crippen molar-refractivity contribution < 1.29 is 4.79 Å². The van der Waals surface area contributed by atoms with Gasteiger partial charge in [0.05, 0.1) is 6.54 Å². The molecular weight excluding hydrogens is 384 g/mol. The number of hydrogen-bond donors (Lipinski definition) is 0. The number of fused-ring (bicyclic) bond motifs is 1. The fourth-order valence-electron chi connectivity index (χ4n) is 2.87. The van der Waals surface area contributed by atoms with Crippen molar-refractivity contribution in [1.29, 1.82) is 0 Å². The molecule has 26 heavy (non-hydrogen) atoms. The summed E-state index contributed by atoms with van der Waals surface area (Å²) in [4.78, 5) is 22.1. The first kappa shape index (κ1) is 17.2. The van der Waals surface area contributed by atoms with E-state index in [2.05, 4.69) is 4.98 Å². The molecule has 3 nitrogen and oxygen atoms in total. The van der Waals surface area contributed by atoms with Crippen LogP contribution in [-0.2, 0) is 6.54 Å². The highest BCUT2D eigenvalue weighted by Crippen LogP contribution is 2.38. The molecule has 0 fully saturated rings. The molecule has 0 radical (unpaired) electrons. The van der Waals surface area contributed by atoms with E-state index in [1.54, 1.807) is 22.4 Å². The molecule has 4 aromatic rings. The normalized spacial score (nSPS) is 11.0. The highest BCUT2D eigenvalue weighted by molar-refractivity contribution is 7.21. The summed E-state index contributed by atoms with van der Waals surface area (Å²) in [7, 11) is 1.84. The maximum absolute atomic E-state index is 13.2. The van der Waals surface area contributed by atoms with Crippen molar-refractivity contribution in [3.8, 4) is 11.1 Å². The number of thiophene rings is 2. The number of benzene rings is 1. The minimum absolute atomic E-state index is 0.00588. The number of halogens is 1. The number of aromatic nitrogens is 1. The van der Waals surface area contributed by atoms with Crippen LogP contribution in [0, 0.1) is 0 Å². The van der Waals surface area contributed by atoms with E-state index in [0.717, 1.165) is 26.2 Å². The van der Waals surface area contributed by atoms with E-state index in [9.17, 15) is 4.79 Å². The summed E-state index contributed by atoms with van der Waals surface area (Å²) in [5.41, 5.74) is 1.90. The van der Waals surface area contributed by atoms with Crippen LogP contribution < -0.4 is 0 Å². The third kappa shape index (κ3) is 3.26. The molecule has 130 valence electrons. The van der Waals surface area contributed by atoms with Crippen molar-refractivity contribution in [1.82, 2.24) is 9.88 Å². The van der Waals surface area contributed by atoms with E-state index in [4.69, 9.17) is 11.6 Å². The van der Waals surface area contributed by atoms with Gasteiger partial charge < -0.3 is 4.90 Å². The molecule has 0 spiro atoms. The average Bonchev–Trinajstić information content (AvgIpc) is 3.29. The maximum Gasteiger partial charge on any atom is 0.264 e. The minimum Gasteiger partial charge on any atom is -0.336 e. The average molecular weight is 399 g/mol. The van der Waals surface area contributed by atoms with E-state index in [-0.39, 0.29) is 5.91 Å². The lowest BCUT2D eigenvalue weighted by molar-refractivity contribution is 0.0792. The third-order valence-electron chi connectivity index (χ3n) is 4.11. The fourth-order valence-corrected chi connectivity index (χ4v) is 4.91. The molecule has 0 aliphatic heterocycles. The van der Waals surface area contributed by atoms with Crippen LogP contribution in [0.25, 0.3) is 21.3 Å². The Morgan fingerprint density at radius 2 is 1.96 bits per heavy atom. The first-order valence-electron chi connectivity index (χ1n) is 8.05. The number of hydrogen-bond acceptors (Lipinski definition) is 4. The van der Waals surface area contributed by atoms with Gasteiger partial charge in [0.15, 0.2) is 0 Å². The topological polar surface area (TPSA) is 33.2 Å². The van der Waals surface area contributed by atoms with Crippen molar-refractivity contribution in [2.75, 3.05) is 7.05 Å². The van der Waals surface area contributed by atoms with Crippen molar-refractivity contribution in [3.05, 3.63) is 74.9 Å². The van der Waals surface area contributed by atoms with E-state index in [0.29, 0.717) is 16.4 Å². The van der Waals surface area contributed by atoms with Gasteiger partial charge in [0.25, 0.3) is 5.91 Å². The molecule has 3 aromatic heterocycles. The largest absolute Gasteiger partial charge is 0.336 e. The third-order valence-corrected chi connectivity index (χ3v) is 6.33. The first-order chi connectivity index (χ1) is 12.6. The van der Waals surface area contributed by atoms with Crippen LogP contribution in [0.1, 0.15) is 14.5 Å². The number of rotatable bonds is 4. The van der Waals surface area contributed by atoms with Crippen molar-refractivity contribution in [2.24, 2.45) is 0 Å². The van der Waals surface area contributed by atoms with Gasteiger partial charge in [0, 0.05) is 34.1 Å². The summed E-state index contributed by atoms with van der Waals surface area (Å²) in [6.45, 7) is 0.595. The van der Waals surface area contributed by atoms with E-state index >= 15 is 0 Å². The molecule has 0 N–H and O–H groups in total. The van der Waals surface area contributed by atoms with Gasteiger partial charge in [-0.3, -0.25) is 4.79 Å². The lowest BCUT2D eigenvalue weighted by Crippen LogP contribution is -2.25. The summed E-state index contributed by atoms with van der Waals surface area (Å²) in [6, 6.07) is 15.6.